The fourth-order valence-corrected chi connectivity index (χ4v) is 3.91. The summed E-state index contributed by atoms with van der Waals surface area (Å²) in [5.74, 6) is 1.63. The third-order valence-corrected chi connectivity index (χ3v) is 5.57. The zero-order valence-electron chi connectivity index (χ0n) is 13.9. The van der Waals surface area contributed by atoms with Gasteiger partial charge in [-0.05, 0) is 43.0 Å². The van der Waals surface area contributed by atoms with Crippen LogP contribution < -0.4 is 5.32 Å². The Morgan fingerprint density at radius 2 is 2.12 bits per heavy atom. The molecule has 0 aliphatic carbocycles. The summed E-state index contributed by atoms with van der Waals surface area (Å²) in [6.07, 6.45) is 2.84. The Morgan fingerprint density at radius 1 is 1.29 bits per heavy atom. The number of urea groups is 1. The monoisotopic (exact) mass is 341 g/mol. The molecule has 1 aliphatic rings. The fourth-order valence-electron chi connectivity index (χ4n) is 2.86. The highest BCUT2D eigenvalue weighted by Crippen LogP contribution is 2.25. The zero-order valence-corrected chi connectivity index (χ0v) is 14.8. The van der Waals surface area contributed by atoms with E-state index in [2.05, 4.69) is 34.6 Å². The molecule has 3 rings (SSSR count). The number of pyridine rings is 1. The second-order valence-electron chi connectivity index (χ2n) is 6.15. The van der Waals surface area contributed by atoms with Crippen LogP contribution in [0.4, 0.5) is 4.79 Å². The minimum absolute atomic E-state index is 0.0206. The molecule has 1 aliphatic heterocycles. The van der Waals surface area contributed by atoms with E-state index >= 15 is 0 Å². The molecular weight excluding hydrogens is 318 g/mol. The molecule has 0 unspecified atom stereocenters. The highest BCUT2D eigenvalue weighted by Gasteiger charge is 2.26. The van der Waals surface area contributed by atoms with Gasteiger partial charge in [0, 0.05) is 29.9 Å². The number of nitrogens with zero attached hydrogens (tertiary/aromatic N) is 2. The van der Waals surface area contributed by atoms with Crippen LogP contribution in [0, 0.1) is 12.8 Å². The average Bonchev–Trinajstić information content (AvgIpc) is 3.09. The first kappa shape index (κ1) is 16.8. The summed E-state index contributed by atoms with van der Waals surface area (Å²) in [6, 6.07) is 14.4. The molecule has 1 fully saturated rings. The second-order valence-corrected chi connectivity index (χ2v) is 7.24. The minimum Gasteiger partial charge on any atom is -0.332 e. The molecule has 0 radical (unpaired) electrons. The Bertz CT molecular complexity index is 677. The van der Waals surface area contributed by atoms with Crippen molar-refractivity contribution in [3.05, 3.63) is 59.9 Å². The molecule has 0 bridgehead atoms. The maximum atomic E-state index is 12.3. The van der Waals surface area contributed by atoms with Crippen LogP contribution in [-0.4, -0.2) is 34.8 Å². The van der Waals surface area contributed by atoms with Crippen molar-refractivity contribution < 1.29 is 4.79 Å². The first-order valence-corrected chi connectivity index (χ1v) is 9.32. The summed E-state index contributed by atoms with van der Waals surface area (Å²) in [5.41, 5.74) is 2.04. The van der Waals surface area contributed by atoms with E-state index in [9.17, 15) is 4.79 Å². The molecule has 0 saturated carbocycles. The van der Waals surface area contributed by atoms with Crippen LogP contribution in [0.15, 0.2) is 53.6 Å². The number of aryl methyl sites for hydroxylation is 1. The summed E-state index contributed by atoms with van der Waals surface area (Å²) in [6.45, 7) is 4.19. The molecule has 1 atom stereocenters. The largest absolute Gasteiger partial charge is 0.332 e. The van der Waals surface area contributed by atoms with Crippen LogP contribution in [0.1, 0.15) is 17.7 Å². The van der Waals surface area contributed by atoms with Crippen molar-refractivity contribution in [2.24, 2.45) is 5.92 Å². The van der Waals surface area contributed by atoms with Gasteiger partial charge >= 0.3 is 6.03 Å². The molecule has 2 heterocycles. The van der Waals surface area contributed by atoms with Crippen LogP contribution in [0.25, 0.3) is 0 Å². The average molecular weight is 341 g/mol. The maximum absolute atomic E-state index is 12.3. The van der Waals surface area contributed by atoms with Gasteiger partial charge < -0.3 is 10.2 Å². The van der Waals surface area contributed by atoms with Crippen molar-refractivity contribution in [1.29, 1.82) is 0 Å². The maximum Gasteiger partial charge on any atom is 0.317 e. The summed E-state index contributed by atoms with van der Waals surface area (Å²) < 4.78 is 0. The van der Waals surface area contributed by atoms with E-state index in [-0.39, 0.29) is 6.03 Å². The number of thioether (sulfide) groups is 1. The van der Waals surface area contributed by atoms with E-state index in [1.54, 1.807) is 6.20 Å². The Kier molecular flexibility index (Phi) is 5.75. The van der Waals surface area contributed by atoms with E-state index in [4.69, 9.17) is 0 Å². The Hall–Kier alpha value is -2.01. The minimum atomic E-state index is 0.0206. The predicted octanol–water partition coefficient (Wildman–Crippen LogP) is 3.71. The Labute approximate surface area is 147 Å². The number of likely N-dealkylation sites (tertiary alicyclic amines) is 1. The van der Waals surface area contributed by atoms with E-state index in [0.29, 0.717) is 12.5 Å². The molecule has 5 heteroatoms. The van der Waals surface area contributed by atoms with Gasteiger partial charge in [-0.3, -0.25) is 4.98 Å². The normalized spacial score (nSPS) is 17.0. The molecule has 126 valence electrons. The highest BCUT2D eigenvalue weighted by atomic mass is 32.2. The van der Waals surface area contributed by atoms with Gasteiger partial charge in [0.15, 0.2) is 0 Å². The second kappa shape index (κ2) is 8.20. The van der Waals surface area contributed by atoms with Crippen molar-refractivity contribution >= 4 is 17.8 Å². The molecule has 1 N–H and O–H groups in total. The van der Waals surface area contributed by atoms with Crippen LogP contribution >= 0.6 is 11.8 Å². The smallest absolute Gasteiger partial charge is 0.317 e. The van der Waals surface area contributed by atoms with Gasteiger partial charge in [0.05, 0.1) is 12.2 Å². The van der Waals surface area contributed by atoms with Gasteiger partial charge in [-0.2, -0.15) is 0 Å². The first-order valence-electron chi connectivity index (χ1n) is 8.33. The lowest BCUT2D eigenvalue weighted by atomic mass is 10.2. The molecule has 2 aromatic rings. The predicted molar refractivity (Wildman–Crippen MR) is 98.1 cm³/mol. The van der Waals surface area contributed by atoms with Crippen molar-refractivity contribution in [3.8, 4) is 0 Å². The van der Waals surface area contributed by atoms with Crippen LogP contribution in [0.2, 0.25) is 0 Å². The molecule has 24 heavy (non-hydrogen) atoms. The van der Waals surface area contributed by atoms with Crippen molar-refractivity contribution in [1.82, 2.24) is 15.2 Å². The molecule has 2 amide bonds. The summed E-state index contributed by atoms with van der Waals surface area (Å²) >= 11 is 1.88. The topological polar surface area (TPSA) is 45.2 Å². The van der Waals surface area contributed by atoms with E-state index in [0.717, 1.165) is 36.5 Å². The number of hydrogen-bond acceptors (Lipinski definition) is 3. The van der Waals surface area contributed by atoms with Gasteiger partial charge in [0.1, 0.15) is 0 Å². The van der Waals surface area contributed by atoms with Gasteiger partial charge in [0.25, 0.3) is 0 Å². The number of carbonyl (C=O) groups excluding carboxylic acids is 1. The molecule has 1 aromatic heterocycles. The summed E-state index contributed by atoms with van der Waals surface area (Å²) in [4.78, 5) is 19.9. The van der Waals surface area contributed by atoms with Gasteiger partial charge in [0.2, 0.25) is 0 Å². The van der Waals surface area contributed by atoms with Crippen molar-refractivity contribution in [2.75, 3.05) is 18.8 Å². The molecule has 0 spiro atoms. The van der Waals surface area contributed by atoms with E-state index < -0.39 is 0 Å². The van der Waals surface area contributed by atoms with Crippen molar-refractivity contribution in [2.45, 2.75) is 24.8 Å². The highest BCUT2D eigenvalue weighted by molar-refractivity contribution is 7.99. The lowest BCUT2D eigenvalue weighted by Gasteiger charge is -2.17. The molecule has 4 nitrogen and oxygen atoms in total. The molecular formula is C19H23N3OS. The number of hydrogen-bond donors (Lipinski definition) is 1. The number of carbonyl (C=O) groups is 1. The number of aromatic nitrogens is 1. The third-order valence-electron chi connectivity index (χ3n) is 4.33. The summed E-state index contributed by atoms with van der Waals surface area (Å²) in [7, 11) is 0. The SMILES string of the molecule is Cc1cccnc1CNC(=O)N1CC[C@@H](CSc2ccccc2)C1. The van der Waals surface area contributed by atoms with E-state index in [1.165, 1.54) is 4.90 Å². The first-order chi connectivity index (χ1) is 11.7. The summed E-state index contributed by atoms with van der Waals surface area (Å²) in [5, 5.41) is 2.99. The van der Waals surface area contributed by atoms with Gasteiger partial charge in [-0.25, -0.2) is 4.79 Å². The molecule has 1 saturated heterocycles. The Morgan fingerprint density at radius 3 is 2.92 bits per heavy atom. The van der Waals surface area contributed by atoms with Crippen molar-refractivity contribution in [3.63, 3.8) is 0 Å². The number of benzene rings is 1. The zero-order chi connectivity index (χ0) is 16.8. The van der Waals surface area contributed by atoms with E-state index in [1.807, 2.05) is 41.8 Å². The lowest BCUT2D eigenvalue weighted by Crippen LogP contribution is -2.38. The quantitative estimate of drug-likeness (QED) is 0.843. The lowest BCUT2D eigenvalue weighted by molar-refractivity contribution is 0.207. The van der Waals surface area contributed by atoms with Crippen LogP contribution in [0.5, 0.6) is 0 Å². The van der Waals surface area contributed by atoms with Crippen LogP contribution in [-0.2, 0) is 6.54 Å². The van der Waals surface area contributed by atoms with Gasteiger partial charge in [-0.1, -0.05) is 24.3 Å². The molecule has 1 aromatic carbocycles. The van der Waals surface area contributed by atoms with Crippen LogP contribution in [0.3, 0.4) is 0 Å². The number of nitrogens with one attached hydrogen (secondary N) is 1. The third kappa shape index (κ3) is 4.51. The standard InChI is InChI=1S/C19H23N3OS/c1-15-6-5-10-20-18(15)12-21-19(23)22-11-9-16(13-22)14-24-17-7-3-2-4-8-17/h2-8,10,16H,9,11-14H2,1H3,(H,21,23)/t16-/m1/s1. The Balaban J connectivity index is 1.43. The fraction of sp³-hybridized carbons (Fsp3) is 0.368. The number of amides is 2. The van der Waals surface area contributed by atoms with Gasteiger partial charge in [-0.15, -0.1) is 11.8 Å². The number of rotatable bonds is 5.